The molecular formula is C20H19N5O2S. The van der Waals surface area contributed by atoms with Crippen molar-refractivity contribution in [2.24, 2.45) is 0 Å². The highest BCUT2D eigenvalue weighted by Gasteiger charge is 2.17. The van der Waals surface area contributed by atoms with Crippen LogP contribution in [0.4, 0.5) is 5.69 Å². The quantitative estimate of drug-likeness (QED) is 0.712. The van der Waals surface area contributed by atoms with Crippen molar-refractivity contribution < 1.29 is 9.59 Å². The molecule has 3 aromatic rings. The minimum absolute atomic E-state index is 0.0520. The fraction of sp³-hybridized carbons (Fsp3) is 0.200. The average Bonchev–Trinajstić information content (AvgIpc) is 3.04. The van der Waals surface area contributed by atoms with Gasteiger partial charge in [0.2, 0.25) is 5.91 Å². The average molecular weight is 393 g/mol. The van der Waals surface area contributed by atoms with Crippen LogP contribution in [0.1, 0.15) is 27.3 Å². The molecule has 0 spiro atoms. The third kappa shape index (κ3) is 3.77. The van der Waals surface area contributed by atoms with Crippen LogP contribution < -0.4 is 10.6 Å². The lowest BCUT2D eigenvalue weighted by molar-refractivity contribution is -0.113. The number of rotatable bonds is 4. The van der Waals surface area contributed by atoms with Gasteiger partial charge in [0.25, 0.3) is 5.91 Å². The second-order valence-electron chi connectivity index (χ2n) is 6.59. The first-order valence-corrected chi connectivity index (χ1v) is 9.81. The van der Waals surface area contributed by atoms with Gasteiger partial charge in [-0.15, -0.1) is 11.8 Å². The van der Waals surface area contributed by atoms with Gasteiger partial charge in [-0.05, 0) is 49.7 Å². The number of hydrogen-bond donors (Lipinski definition) is 2. The van der Waals surface area contributed by atoms with Gasteiger partial charge in [0, 0.05) is 28.9 Å². The standard InChI is InChI=1S/C20H19N5O2S/c1-12-7-13(2)25(24-12)18-6-3-14(9-21-18)10-22-20(27)15-4-5-17-16(8-15)23-19(26)11-28-17/h3-9H,10-11H2,1-2H3,(H,22,27)(H,23,26). The van der Waals surface area contributed by atoms with Crippen LogP contribution in [0.3, 0.4) is 0 Å². The number of amides is 2. The molecule has 1 aromatic carbocycles. The van der Waals surface area contributed by atoms with Gasteiger partial charge in [-0.1, -0.05) is 6.07 Å². The van der Waals surface area contributed by atoms with Gasteiger partial charge in [-0.3, -0.25) is 9.59 Å². The van der Waals surface area contributed by atoms with E-state index >= 15 is 0 Å². The monoisotopic (exact) mass is 393 g/mol. The molecule has 4 rings (SSSR count). The molecule has 8 heteroatoms. The molecule has 1 aliphatic rings. The SMILES string of the molecule is Cc1cc(C)n(-c2ccc(CNC(=O)c3ccc4c(c3)NC(=O)CS4)cn2)n1. The Balaban J connectivity index is 1.42. The van der Waals surface area contributed by atoms with Crippen LogP contribution in [0.5, 0.6) is 0 Å². The molecule has 0 fully saturated rings. The molecule has 28 heavy (non-hydrogen) atoms. The second-order valence-corrected chi connectivity index (χ2v) is 7.61. The van der Waals surface area contributed by atoms with E-state index in [9.17, 15) is 9.59 Å². The van der Waals surface area contributed by atoms with Gasteiger partial charge in [0.05, 0.1) is 17.1 Å². The lowest BCUT2D eigenvalue weighted by Crippen LogP contribution is -2.24. The minimum atomic E-state index is -0.199. The summed E-state index contributed by atoms with van der Waals surface area (Å²) in [7, 11) is 0. The third-order valence-corrected chi connectivity index (χ3v) is 5.44. The van der Waals surface area contributed by atoms with Crippen molar-refractivity contribution in [2.45, 2.75) is 25.3 Å². The summed E-state index contributed by atoms with van der Waals surface area (Å²) >= 11 is 1.47. The summed E-state index contributed by atoms with van der Waals surface area (Å²) in [5, 5.41) is 10.1. The molecule has 2 amide bonds. The van der Waals surface area contributed by atoms with Crippen molar-refractivity contribution in [1.29, 1.82) is 0 Å². The Morgan fingerprint density at radius 1 is 1.25 bits per heavy atom. The Hall–Kier alpha value is -3.13. The molecule has 7 nitrogen and oxygen atoms in total. The maximum atomic E-state index is 12.5. The predicted octanol–water partition coefficient (Wildman–Crippen LogP) is 2.86. The van der Waals surface area contributed by atoms with Gasteiger partial charge in [0.15, 0.2) is 5.82 Å². The summed E-state index contributed by atoms with van der Waals surface area (Å²) in [5.41, 5.74) is 4.04. The van der Waals surface area contributed by atoms with Crippen LogP contribution in [-0.2, 0) is 11.3 Å². The summed E-state index contributed by atoms with van der Waals surface area (Å²) in [6.45, 7) is 4.29. The van der Waals surface area contributed by atoms with E-state index in [0.29, 0.717) is 23.5 Å². The van der Waals surface area contributed by atoms with Crippen LogP contribution in [0.2, 0.25) is 0 Å². The maximum Gasteiger partial charge on any atom is 0.251 e. The van der Waals surface area contributed by atoms with E-state index in [1.54, 1.807) is 23.0 Å². The zero-order valence-electron chi connectivity index (χ0n) is 15.5. The zero-order valence-corrected chi connectivity index (χ0v) is 16.3. The number of hydrogen-bond acceptors (Lipinski definition) is 5. The number of nitrogens with zero attached hydrogens (tertiary/aromatic N) is 3. The number of carbonyl (C=O) groups excluding carboxylic acids is 2. The summed E-state index contributed by atoms with van der Waals surface area (Å²) in [6.07, 6.45) is 1.73. The molecule has 0 aliphatic carbocycles. The van der Waals surface area contributed by atoms with E-state index < -0.39 is 0 Å². The number of benzene rings is 1. The molecule has 0 saturated carbocycles. The summed E-state index contributed by atoms with van der Waals surface area (Å²) in [4.78, 5) is 29.4. The lowest BCUT2D eigenvalue weighted by atomic mass is 10.1. The van der Waals surface area contributed by atoms with Crippen LogP contribution in [-0.4, -0.2) is 32.3 Å². The highest BCUT2D eigenvalue weighted by Crippen LogP contribution is 2.31. The number of fused-ring (bicyclic) bond motifs is 1. The Morgan fingerprint density at radius 2 is 2.11 bits per heavy atom. The molecular weight excluding hydrogens is 374 g/mol. The Bertz CT molecular complexity index is 1060. The van der Waals surface area contributed by atoms with Crippen LogP contribution in [0.15, 0.2) is 47.5 Å². The minimum Gasteiger partial charge on any atom is -0.348 e. The van der Waals surface area contributed by atoms with E-state index in [2.05, 4.69) is 20.7 Å². The first kappa shape index (κ1) is 18.2. The number of anilines is 1. The number of thioether (sulfide) groups is 1. The molecule has 0 saturated heterocycles. The predicted molar refractivity (Wildman–Crippen MR) is 108 cm³/mol. The molecule has 0 bridgehead atoms. The second kappa shape index (κ2) is 7.47. The van der Waals surface area contributed by atoms with Crippen molar-refractivity contribution in [3.05, 3.63) is 65.1 Å². The fourth-order valence-corrected chi connectivity index (χ4v) is 3.80. The molecule has 142 valence electrons. The Morgan fingerprint density at radius 3 is 2.82 bits per heavy atom. The van der Waals surface area contributed by atoms with Crippen molar-refractivity contribution in [2.75, 3.05) is 11.1 Å². The maximum absolute atomic E-state index is 12.5. The molecule has 3 heterocycles. The number of aromatic nitrogens is 3. The van der Waals surface area contributed by atoms with Crippen molar-refractivity contribution in [3.8, 4) is 5.82 Å². The van der Waals surface area contributed by atoms with Gasteiger partial charge in [0.1, 0.15) is 0 Å². The van der Waals surface area contributed by atoms with Crippen LogP contribution in [0, 0.1) is 13.8 Å². The van der Waals surface area contributed by atoms with E-state index in [-0.39, 0.29) is 11.8 Å². The number of aryl methyl sites for hydroxylation is 2. The molecule has 0 atom stereocenters. The third-order valence-electron chi connectivity index (χ3n) is 4.36. The van der Waals surface area contributed by atoms with E-state index in [1.807, 2.05) is 38.1 Å². The zero-order chi connectivity index (χ0) is 19.7. The first-order valence-electron chi connectivity index (χ1n) is 8.83. The molecule has 2 N–H and O–H groups in total. The molecule has 2 aromatic heterocycles. The van der Waals surface area contributed by atoms with E-state index in [4.69, 9.17) is 0 Å². The smallest absolute Gasteiger partial charge is 0.251 e. The molecule has 1 aliphatic heterocycles. The summed E-state index contributed by atoms with van der Waals surface area (Å²) < 4.78 is 1.79. The lowest BCUT2D eigenvalue weighted by Gasteiger charge is -2.17. The molecule has 0 unspecified atom stereocenters. The number of carbonyl (C=O) groups is 2. The largest absolute Gasteiger partial charge is 0.348 e. The highest BCUT2D eigenvalue weighted by atomic mass is 32.2. The normalized spacial score (nSPS) is 13.0. The van der Waals surface area contributed by atoms with E-state index in [0.717, 1.165) is 27.7 Å². The fourth-order valence-electron chi connectivity index (χ4n) is 3.02. The van der Waals surface area contributed by atoms with Crippen molar-refractivity contribution in [1.82, 2.24) is 20.1 Å². The van der Waals surface area contributed by atoms with Gasteiger partial charge < -0.3 is 10.6 Å². The Labute approximate surface area is 166 Å². The summed E-state index contributed by atoms with van der Waals surface area (Å²) in [6, 6.07) is 11.1. The van der Waals surface area contributed by atoms with Gasteiger partial charge in [-0.25, -0.2) is 9.67 Å². The van der Waals surface area contributed by atoms with Crippen molar-refractivity contribution >= 4 is 29.3 Å². The van der Waals surface area contributed by atoms with Gasteiger partial charge in [-0.2, -0.15) is 5.10 Å². The van der Waals surface area contributed by atoms with Crippen molar-refractivity contribution in [3.63, 3.8) is 0 Å². The number of nitrogens with one attached hydrogen (secondary N) is 2. The summed E-state index contributed by atoms with van der Waals surface area (Å²) in [5.74, 6) is 0.891. The Kier molecular flexibility index (Phi) is 4.87. The highest BCUT2D eigenvalue weighted by molar-refractivity contribution is 8.00. The first-order chi connectivity index (χ1) is 13.5. The van der Waals surface area contributed by atoms with Crippen LogP contribution >= 0.6 is 11.8 Å². The number of pyridine rings is 1. The molecule has 0 radical (unpaired) electrons. The topological polar surface area (TPSA) is 88.9 Å². The van der Waals surface area contributed by atoms with Gasteiger partial charge >= 0.3 is 0 Å². The van der Waals surface area contributed by atoms with E-state index in [1.165, 1.54) is 11.8 Å². The van der Waals surface area contributed by atoms with Crippen LogP contribution in [0.25, 0.3) is 5.82 Å².